The van der Waals surface area contributed by atoms with Crippen molar-refractivity contribution in [2.24, 2.45) is 0 Å². The highest BCUT2D eigenvalue weighted by molar-refractivity contribution is 6.06. The molecular weight excluding hydrogens is 741 g/mol. The minimum atomic E-state index is 0.670. The lowest BCUT2D eigenvalue weighted by atomic mass is 9.90. The van der Waals surface area contributed by atoms with Crippen LogP contribution in [0.15, 0.2) is 235 Å². The van der Waals surface area contributed by atoms with Gasteiger partial charge in [0.1, 0.15) is 11.2 Å². The molecule has 61 heavy (non-hydrogen) atoms. The maximum absolute atomic E-state index is 6.24. The predicted molar refractivity (Wildman–Crippen MR) is 253 cm³/mol. The zero-order valence-corrected chi connectivity index (χ0v) is 33.2. The van der Waals surface area contributed by atoms with Crippen LogP contribution in [0.1, 0.15) is 0 Å². The zero-order valence-electron chi connectivity index (χ0n) is 33.2. The molecular formula is C58H38N2O. The van der Waals surface area contributed by atoms with Gasteiger partial charge in [0.2, 0.25) is 0 Å². The van der Waals surface area contributed by atoms with Crippen molar-refractivity contribution in [2.75, 3.05) is 0 Å². The average Bonchev–Trinajstić information content (AvgIpc) is 3.73. The predicted octanol–water partition coefficient (Wildman–Crippen LogP) is 15.7. The molecule has 286 valence electrons. The molecule has 0 amide bonds. The molecule has 0 saturated carbocycles. The summed E-state index contributed by atoms with van der Waals surface area (Å²) in [4.78, 5) is 10.6. The summed E-state index contributed by atoms with van der Waals surface area (Å²) < 4.78 is 6.24. The van der Waals surface area contributed by atoms with Gasteiger partial charge in [-0.1, -0.05) is 182 Å². The molecule has 11 aromatic rings. The van der Waals surface area contributed by atoms with Crippen molar-refractivity contribution in [3.8, 4) is 89.5 Å². The molecule has 0 bridgehead atoms. The number of benzene rings is 9. The minimum Gasteiger partial charge on any atom is -0.456 e. The number of rotatable bonds is 8. The van der Waals surface area contributed by atoms with Crippen molar-refractivity contribution in [1.82, 2.24) is 9.97 Å². The summed E-state index contributed by atoms with van der Waals surface area (Å²) in [5.41, 5.74) is 17.9. The molecule has 0 atom stereocenters. The van der Waals surface area contributed by atoms with E-state index in [4.69, 9.17) is 14.4 Å². The maximum atomic E-state index is 6.24. The second-order valence-corrected chi connectivity index (χ2v) is 15.4. The number of hydrogen-bond acceptors (Lipinski definition) is 3. The number of fused-ring (bicyclic) bond motifs is 3. The van der Waals surface area contributed by atoms with E-state index in [1.54, 1.807) is 0 Å². The first-order valence-electron chi connectivity index (χ1n) is 20.6. The number of nitrogens with zero attached hydrogens (tertiary/aromatic N) is 2. The van der Waals surface area contributed by atoms with Gasteiger partial charge in [0.25, 0.3) is 0 Å². The van der Waals surface area contributed by atoms with E-state index in [0.717, 1.165) is 83.4 Å². The third-order valence-corrected chi connectivity index (χ3v) is 11.5. The van der Waals surface area contributed by atoms with Crippen LogP contribution >= 0.6 is 0 Å². The number of para-hydroxylation sites is 1. The summed E-state index contributed by atoms with van der Waals surface area (Å²) in [6.07, 6.45) is 0. The molecule has 11 rings (SSSR count). The van der Waals surface area contributed by atoms with Crippen molar-refractivity contribution in [1.29, 1.82) is 0 Å². The van der Waals surface area contributed by atoms with Crippen LogP contribution in [-0.4, -0.2) is 9.97 Å². The van der Waals surface area contributed by atoms with E-state index in [1.807, 2.05) is 18.2 Å². The van der Waals surface area contributed by atoms with Gasteiger partial charge in [-0.05, 0) is 104 Å². The Bertz CT molecular complexity index is 3330. The molecule has 2 aromatic heterocycles. The van der Waals surface area contributed by atoms with Crippen molar-refractivity contribution >= 4 is 21.9 Å². The topological polar surface area (TPSA) is 38.9 Å². The van der Waals surface area contributed by atoms with Gasteiger partial charge < -0.3 is 4.42 Å². The van der Waals surface area contributed by atoms with Gasteiger partial charge in [0.05, 0.1) is 11.4 Å². The van der Waals surface area contributed by atoms with Gasteiger partial charge in [0.15, 0.2) is 5.82 Å². The van der Waals surface area contributed by atoms with E-state index in [9.17, 15) is 0 Å². The molecule has 3 heteroatoms. The normalized spacial score (nSPS) is 11.3. The van der Waals surface area contributed by atoms with Crippen LogP contribution in [-0.2, 0) is 0 Å². The molecule has 0 saturated heterocycles. The summed E-state index contributed by atoms with van der Waals surface area (Å²) in [5, 5.41) is 2.20. The molecule has 0 aliphatic rings. The van der Waals surface area contributed by atoms with Gasteiger partial charge in [0, 0.05) is 27.5 Å². The van der Waals surface area contributed by atoms with Crippen LogP contribution in [0.3, 0.4) is 0 Å². The van der Waals surface area contributed by atoms with Gasteiger partial charge in [-0.3, -0.25) is 0 Å². The van der Waals surface area contributed by atoms with Crippen molar-refractivity contribution in [3.05, 3.63) is 231 Å². The van der Waals surface area contributed by atoms with Crippen LogP contribution in [0.25, 0.3) is 111 Å². The van der Waals surface area contributed by atoms with Crippen LogP contribution in [0.4, 0.5) is 0 Å². The van der Waals surface area contributed by atoms with Crippen molar-refractivity contribution in [3.63, 3.8) is 0 Å². The second kappa shape index (κ2) is 15.6. The van der Waals surface area contributed by atoms with Crippen molar-refractivity contribution in [2.45, 2.75) is 0 Å². The highest BCUT2D eigenvalue weighted by atomic mass is 16.3. The molecule has 0 fully saturated rings. The Morgan fingerprint density at radius 3 is 1.43 bits per heavy atom. The monoisotopic (exact) mass is 778 g/mol. The van der Waals surface area contributed by atoms with Crippen LogP contribution < -0.4 is 0 Å². The molecule has 2 heterocycles. The summed E-state index contributed by atoms with van der Waals surface area (Å²) in [6.45, 7) is 0. The molecule has 0 N–H and O–H groups in total. The first-order chi connectivity index (χ1) is 30.2. The molecule has 9 aromatic carbocycles. The Kier molecular flexibility index (Phi) is 9.18. The number of aromatic nitrogens is 2. The Hall–Kier alpha value is -8.14. The highest BCUT2D eigenvalue weighted by Crippen LogP contribution is 2.40. The lowest BCUT2D eigenvalue weighted by Gasteiger charge is -2.15. The smallest absolute Gasteiger partial charge is 0.160 e. The van der Waals surface area contributed by atoms with E-state index < -0.39 is 0 Å². The Morgan fingerprint density at radius 1 is 0.246 bits per heavy atom. The molecule has 0 aliphatic heterocycles. The first-order valence-corrected chi connectivity index (χ1v) is 20.6. The molecule has 0 spiro atoms. The van der Waals surface area contributed by atoms with E-state index in [0.29, 0.717) is 5.82 Å². The minimum absolute atomic E-state index is 0.670. The van der Waals surface area contributed by atoms with Crippen LogP contribution in [0, 0.1) is 0 Å². The average molecular weight is 779 g/mol. The lowest BCUT2D eigenvalue weighted by Crippen LogP contribution is -1.97. The van der Waals surface area contributed by atoms with Crippen molar-refractivity contribution < 1.29 is 4.42 Å². The molecule has 0 aliphatic carbocycles. The van der Waals surface area contributed by atoms with Crippen LogP contribution in [0.5, 0.6) is 0 Å². The summed E-state index contributed by atoms with van der Waals surface area (Å²) >= 11 is 0. The highest BCUT2D eigenvalue weighted by Gasteiger charge is 2.17. The quantitative estimate of drug-likeness (QED) is 0.154. The third-order valence-electron chi connectivity index (χ3n) is 11.5. The third kappa shape index (κ3) is 7.09. The SMILES string of the molecule is c1ccc(-c2cccc(-c3ccc(-c4nc(-c5ccccc5)cc(-c5cc(-c6ccc7oc8ccccc8c7c6)cc(-c6ccccc6-c6ccccc6)c5)n4)cc3)c2)cc1. The number of hydrogen-bond donors (Lipinski definition) is 0. The van der Waals surface area contributed by atoms with Gasteiger partial charge >= 0.3 is 0 Å². The fourth-order valence-electron chi connectivity index (χ4n) is 8.41. The molecule has 3 nitrogen and oxygen atoms in total. The van der Waals surface area contributed by atoms with E-state index in [1.165, 1.54) is 22.3 Å². The first kappa shape index (κ1) is 36.0. The molecule has 0 unspecified atom stereocenters. The summed E-state index contributed by atoms with van der Waals surface area (Å²) in [5.74, 6) is 0.670. The van der Waals surface area contributed by atoms with Crippen LogP contribution in [0.2, 0.25) is 0 Å². The summed E-state index contributed by atoms with van der Waals surface area (Å²) in [6, 6.07) is 81.2. The Morgan fingerprint density at radius 2 is 0.705 bits per heavy atom. The maximum Gasteiger partial charge on any atom is 0.160 e. The van der Waals surface area contributed by atoms with E-state index >= 15 is 0 Å². The fraction of sp³-hybridized carbons (Fsp3) is 0. The fourth-order valence-corrected chi connectivity index (χ4v) is 8.41. The van der Waals surface area contributed by atoms with E-state index in [-0.39, 0.29) is 0 Å². The van der Waals surface area contributed by atoms with Gasteiger partial charge in [-0.15, -0.1) is 0 Å². The van der Waals surface area contributed by atoms with Gasteiger partial charge in [-0.2, -0.15) is 0 Å². The number of furan rings is 1. The largest absolute Gasteiger partial charge is 0.456 e. The molecule has 0 radical (unpaired) electrons. The zero-order chi connectivity index (χ0) is 40.5. The second-order valence-electron chi connectivity index (χ2n) is 15.4. The van der Waals surface area contributed by atoms with Gasteiger partial charge in [-0.25, -0.2) is 9.97 Å². The lowest BCUT2D eigenvalue weighted by molar-refractivity contribution is 0.669. The Balaban J connectivity index is 1.07. The Labute approximate surface area is 354 Å². The standard InChI is InChI=1S/C58H38N2O/c1-4-15-39(16-5-1)44-21-14-22-45(33-44)40-27-29-43(30-28-40)58-59-54(42-19-8-3-9-20-42)38-55(60-58)49-35-47(46-31-32-57-53(37-46)52-25-12-13-26-56(52)61-57)34-48(36-49)51-24-11-10-23-50(51)41-17-6-2-7-18-41/h1-38H. The summed E-state index contributed by atoms with van der Waals surface area (Å²) in [7, 11) is 0. The van der Waals surface area contributed by atoms with E-state index in [2.05, 4.69) is 212 Å².